The third kappa shape index (κ3) is 3.83. The number of hydrogen-bond acceptors (Lipinski definition) is 3. The Morgan fingerprint density at radius 1 is 1.58 bits per heavy atom. The Balaban J connectivity index is 1.93. The minimum Gasteiger partial charge on any atom is -0.465 e. The van der Waals surface area contributed by atoms with Crippen molar-refractivity contribution >= 4 is 27.8 Å². The molecule has 0 aromatic carbocycles. The van der Waals surface area contributed by atoms with Crippen molar-refractivity contribution in [3.8, 4) is 0 Å². The Labute approximate surface area is 121 Å². The molecule has 104 valence electrons. The summed E-state index contributed by atoms with van der Waals surface area (Å²) < 4.78 is 0.928. The minimum atomic E-state index is -0.831. The van der Waals surface area contributed by atoms with E-state index in [2.05, 4.69) is 33.2 Å². The van der Waals surface area contributed by atoms with Gasteiger partial charge in [-0.3, -0.25) is 0 Å². The highest BCUT2D eigenvalue weighted by Gasteiger charge is 2.29. The highest BCUT2D eigenvalue weighted by Crippen LogP contribution is 2.22. The van der Waals surface area contributed by atoms with Gasteiger partial charge in [0.2, 0.25) is 0 Å². The fourth-order valence-corrected chi connectivity index (χ4v) is 2.59. The summed E-state index contributed by atoms with van der Waals surface area (Å²) in [5.41, 5.74) is 0. The lowest BCUT2D eigenvalue weighted by molar-refractivity contribution is 0.0942. The maximum atomic E-state index is 11.2. The number of carboxylic acid groups (broad SMARTS) is 1. The fourth-order valence-electron chi connectivity index (χ4n) is 2.36. The fraction of sp³-hybridized carbons (Fsp3) is 0.538. The van der Waals surface area contributed by atoms with E-state index in [1.165, 1.54) is 0 Å². The Morgan fingerprint density at radius 3 is 3.00 bits per heavy atom. The van der Waals surface area contributed by atoms with E-state index in [1.807, 2.05) is 12.1 Å². The van der Waals surface area contributed by atoms with Crippen LogP contribution in [0.2, 0.25) is 0 Å². The molecule has 1 amide bonds. The van der Waals surface area contributed by atoms with Crippen LogP contribution in [0.15, 0.2) is 22.8 Å². The molecule has 1 aliphatic heterocycles. The van der Waals surface area contributed by atoms with E-state index in [1.54, 1.807) is 11.1 Å². The van der Waals surface area contributed by atoms with Gasteiger partial charge in [0.15, 0.2) is 0 Å². The number of hydrogen-bond donors (Lipinski definition) is 2. The summed E-state index contributed by atoms with van der Waals surface area (Å²) in [6.07, 6.45) is 2.86. The smallest absolute Gasteiger partial charge is 0.407 e. The third-order valence-corrected chi connectivity index (χ3v) is 3.90. The number of nitrogens with one attached hydrogen (secondary N) is 1. The van der Waals surface area contributed by atoms with Gasteiger partial charge in [0.05, 0.1) is 6.04 Å². The van der Waals surface area contributed by atoms with Crippen molar-refractivity contribution in [2.75, 3.05) is 18.4 Å². The topological polar surface area (TPSA) is 65.5 Å². The molecular formula is C13H18BrN3O2. The lowest BCUT2D eigenvalue weighted by atomic mass is 9.94. The molecule has 1 aliphatic rings. The van der Waals surface area contributed by atoms with Crippen molar-refractivity contribution in [1.82, 2.24) is 9.88 Å². The number of piperidine rings is 1. The minimum absolute atomic E-state index is 0.0270. The van der Waals surface area contributed by atoms with E-state index in [9.17, 15) is 9.90 Å². The van der Waals surface area contributed by atoms with E-state index in [4.69, 9.17) is 0 Å². The van der Waals surface area contributed by atoms with E-state index in [-0.39, 0.29) is 6.04 Å². The summed E-state index contributed by atoms with van der Waals surface area (Å²) >= 11 is 3.33. The molecule has 6 heteroatoms. The second kappa shape index (κ2) is 6.23. The first-order chi connectivity index (χ1) is 9.06. The lowest BCUT2D eigenvalue weighted by Crippen LogP contribution is -2.48. The SMILES string of the molecule is C[C@H]1CC[C@@H](CNc2ccc(Br)cn2)N(C(=O)O)C1. The molecule has 0 spiro atoms. The predicted molar refractivity (Wildman–Crippen MR) is 77.3 cm³/mol. The van der Waals surface area contributed by atoms with E-state index in [0.29, 0.717) is 19.0 Å². The summed E-state index contributed by atoms with van der Waals surface area (Å²) in [7, 11) is 0. The van der Waals surface area contributed by atoms with Crippen LogP contribution in [0.3, 0.4) is 0 Å². The summed E-state index contributed by atoms with van der Waals surface area (Å²) in [5.74, 6) is 1.21. The molecule has 5 nitrogen and oxygen atoms in total. The van der Waals surface area contributed by atoms with Crippen LogP contribution >= 0.6 is 15.9 Å². The molecule has 2 rings (SSSR count). The molecule has 1 fully saturated rings. The Hall–Kier alpha value is -1.30. The number of halogens is 1. The van der Waals surface area contributed by atoms with Gasteiger partial charge in [0.25, 0.3) is 0 Å². The zero-order valence-corrected chi connectivity index (χ0v) is 12.4. The van der Waals surface area contributed by atoms with Crippen molar-refractivity contribution in [3.05, 3.63) is 22.8 Å². The monoisotopic (exact) mass is 327 g/mol. The van der Waals surface area contributed by atoms with Crippen molar-refractivity contribution in [2.45, 2.75) is 25.8 Å². The number of carbonyl (C=O) groups is 1. The number of nitrogens with zero attached hydrogens (tertiary/aromatic N) is 2. The van der Waals surface area contributed by atoms with E-state index in [0.717, 1.165) is 23.1 Å². The van der Waals surface area contributed by atoms with Gasteiger partial charge in [-0.05, 0) is 46.8 Å². The van der Waals surface area contributed by atoms with E-state index < -0.39 is 6.09 Å². The quantitative estimate of drug-likeness (QED) is 0.895. The first kappa shape index (κ1) is 14.1. The standard InChI is InChI=1S/C13H18BrN3O2/c1-9-2-4-11(17(8-9)13(18)19)7-16-12-5-3-10(14)6-15-12/h3,5-6,9,11H,2,4,7-8H2,1H3,(H,15,16)(H,18,19)/t9-,11-/m0/s1. The van der Waals surface area contributed by atoms with Crippen LogP contribution in [0.5, 0.6) is 0 Å². The molecular weight excluding hydrogens is 310 g/mol. The number of likely N-dealkylation sites (tertiary alicyclic amines) is 1. The van der Waals surface area contributed by atoms with Gasteiger partial charge in [-0.15, -0.1) is 0 Å². The molecule has 0 unspecified atom stereocenters. The molecule has 1 aromatic heterocycles. The second-order valence-corrected chi connectivity index (χ2v) is 5.93. The summed E-state index contributed by atoms with van der Waals surface area (Å²) in [6, 6.07) is 3.81. The van der Waals surface area contributed by atoms with Gasteiger partial charge in [0, 0.05) is 23.8 Å². The first-order valence-corrected chi connectivity index (χ1v) is 7.20. The van der Waals surface area contributed by atoms with Gasteiger partial charge in [-0.2, -0.15) is 0 Å². The average Bonchev–Trinajstić information content (AvgIpc) is 2.39. The van der Waals surface area contributed by atoms with Crippen LogP contribution in [0.1, 0.15) is 19.8 Å². The zero-order chi connectivity index (χ0) is 13.8. The molecule has 0 bridgehead atoms. The van der Waals surface area contributed by atoms with Crippen LogP contribution in [0, 0.1) is 5.92 Å². The molecule has 2 N–H and O–H groups in total. The normalized spacial score (nSPS) is 23.2. The largest absolute Gasteiger partial charge is 0.465 e. The Bertz CT molecular complexity index is 438. The summed E-state index contributed by atoms with van der Waals surface area (Å²) in [6.45, 7) is 3.32. The molecule has 0 saturated carbocycles. The number of anilines is 1. The first-order valence-electron chi connectivity index (χ1n) is 6.41. The van der Waals surface area contributed by atoms with Crippen molar-refractivity contribution in [3.63, 3.8) is 0 Å². The lowest BCUT2D eigenvalue weighted by Gasteiger charge is -2.36. The van der Waals surface area contributed by atoms with Gasteiger partial charge in [0.1, 0.15) is 5.82 Å². The van der Waals surface area contributed by atoms with Crippen molar-refractivity contribution in [2.24, 2.45) is 5.92 Å². The van der Waals surface area contributed by atoms with Crippen molar-refractivity contribution < 1.29 is 9.90 Å². The molecule has 2 heterocycles. The molecule has 1 saturated heterocycles. The highest BCUT2D eigenvalue weighted by atomic mass is 79.9. The predicted octanol–water partition coefficient (Wildman–Crippen LogP) is 3.03. The van der Waals surface area contributed by atoms with E-state index >= 15 is 0 Å². The second-order valence-electron chi connectivity index (χ2n) is 5.01. The third-order valence-electron chi connectivity index (χ3n) is 3.43. The average molecular weight is 328 g/mol. The summed E-state index contributed by atoms with van der Waals surface area (Å²) in [4.78, 5) is 17.0. The maximum Gasteiger partial charge on any atom is 0.407 e. The Kier molecular flexibility index (Phi) is 4.63. The number of aromatic nitrogens is 1. The van der Waals surface area contributed by atoms with Crippen molar-refractivity contribution in [1.29, 1.82) is 0 Å². The maximum absolute atomic E-state index is 11.2. The van der Waals surface area contributed by atoms with Gasteiger partial charge in [-0.25, -0.2) is 9.78 Å². The molecule has 0 aliphatic carbocycles. The van der Waals surface area contributed by atoms with Gasteiger partial charge >= 0.3 is 6.09 Å². The number of amides is 1. The molecule has 2 atom stereocenters. The van der Waals surface area contributed by atoms with Crippen LogP contribution in [-0.2, 0) is 0 Å². The van der Waals surface area contributed by atoms with Crippen LogP contribution < -0.4 is 5.32 Å². The van der Waals surface area contributed by atoms with Crippen LogP contribution in [0.25, 0.3) is 0 Å². The van der Waals surface area contributed by atoms with Gasteiger partial charge < -0.3 is 15.3 Å². The highest BCUT2D eigenvalue weighted by molar-refractivity contribution is 9.10. The van der Waals surface area contributed by atoms with Crippen LogP contribution in [-0.4, -0.2) is 40.2 Å². The molecule has 1 aromatic rings. The zero-order valence-electron chi connectivity index (χ0n) is 10.8. The Morgan fingerprint density at radius 2 is 2.37 bits per heavy atom. The number of pyridine rings is 1. The van der Waals surface area contributed by atoms with Gasteiger partial charge in [-0.1, -0.05) is 6.92 Å². The summed E-state index contributed by atoms with van der Waals surface area (Å²) in [5, 5.41) is 12.4. The van der Waals surface area contributed by atoms with Crippen LogP contribution in [0.4, 0.5) is 10.6 Å². The molecule has 0 radical (unpaired) electrons. The molecule has 19 heavy (non-hydrogen) atoms. The number of rotatable bonds is 3.